The van der Waals surface area contributed by atoms with Crippen molar-refractivity contribution in [1.82, 2.24) is 4.98 Å². The molecule has 1 aromatic heterocycles. The van der Waals surface area contributed by atoms with E-state index in [-0.39, 0.29) is 0 Å². The van der Waals surface area contributed by atoms with Crippen LogP contribution in [-0.4, -0.2) is 4.98 Å². The Morgan fingerprint density at radius 3 is 2.73 bits per heavy atom. The first-order chi connectivity index (χ1) is 7.18. The minimum absolute atomic E-state index is 0.874. The van der Waals surface area contributed by atoms with Crippen molar-refractivity contribution in [3.05, 3.63) is 60.3 Å². The minimum Gasteiger partial charge on any atom is -0.361 e. The van der Waals surface area contributed by atoms with Crippen LogP contribution >= 0.6 is 0 Å². The summed E-state index contributed by atoms with van der Waals surface area (Å²) in [6, 6.07) is 8.31. The van der Waals surface area contributed by atoms with E-state index in [9.17, 15) is 0 Å². The monoisotopic (exact) mass is 197 g/mol. The lowest BCUT2D eigenvalue weighted by atomic mass is 10.0. The number of hydrogen-bond donors (Lipinski definition) is 1. The van der Waals surface area contributed by atoms with Gasteiger partial charge in [-0.15, -0.1) is 0 Å². The van der Waals surface area contributed by atoms with Crippen LogP contribution in [0.4, 0.5) is 0 Å². The van der Waals surface area contributed by atoms with Gasteiger partial charge in [-0.2, -0.15) is 0 Å². The van der Waals surface area contributed by atoms with E-state index < -0.39 is 0 Å². The van der Waals surface area contributed by atoms with E-state index in [1.807, 2.05) is 13.0 Å². The Balaban J connectivity index is 2.37. The van der Waals surface area contributed by atoms with Gasteiger partial charge in [0.15, 0.2) is 0 Å². The molecule has 1 N–H and O–H groups in total. The van der Waals surface area contributed by atoms with E-state index in [2.05, 4.69) is 42.5 Å². The lowest BCUT2D eigenvalue weighted by molar-refractivity contribution is 1.17. The molecule has 0 saturated heterocycles. The fraction of sp³-hybridized carbons (Fsp3) is 0.143. The molecule has 0 saturated carbocycles. The van der Waals surface area contributed by atoms with Crippen LogP contribution in [0.3, 0.4) is 0 Å². The Morgan fingerprint density at radius 2 is 2.00 bits per heavy atom. The number of hydrogen-bond acceptors (Lipinski definition) is 0. The molecular formula is C14H15N. The smallest absolute Gasteiger partial charge is 0.0456 e. The van der Waals surface area contributed by atoms with Gasteiger partial charge in [-0.1, -0.05) is 36.9 Å². The van der Waals surface area contributed by atoms with Crippen molar-refractivity contribution in [2.45, 2.75) is 13.3 Å². The van der Waals surface area contributed by atoms with Crippen molar-refractivity contribution < 1.29 is 0 Å². The molecule has 0 spiro atoms. The van der Waals surface area contributed by atoms with E-state index in [1.165, 1.54) is 16.5 Å². The average molecular weight is 197 g/mol. The largest absolute Gasteiger partial charge is 0.361 e. The first-order valence-corrected chi connectivity index (χ1v) is 5.07. The highest BCUT2D eigenvalue weighted by molar-refractivity contribution is 5.83. The summed E-state index contributed by atoms with van der Waals surface area (Å²) < 4.78 is 0. The third-order valence-electron chi connectivity index (χ3n) is 2.68. The molecule has 1 heterocycles. The van der Waals surface area contributed by atoms with Crippen LogP contribution in [0, 0.1) is 0 Å². The molecule has 0 aliphatic heterocycles. The molecule has 1 heteroatoms. The first-order valence-electron chi connectivity index (χ1n) is 5.07. The molecule has 76 valence electrons. The Bertz CT molecular complexity index is 517. The highest BCUT2D eigenvalue weighted by Crippen LogP contribution is 2.21. The highest BCUT2D eigenvalue weighted by atomic mass is 14.7. The normalized spacial score (nSPS) is 10.5. The molecule has 2 aromatic rings. The van der Waals surface area contributed by atoms with Crippen molar-refractivity contribution >= 4 is 10.9 Å². The fourth-order valence-electron chi connectivity index (χ4n) is 1.66. The van der Waals surface area contributed by atoms with E-state index >= 15 is 0 Å². The van der Waals surface area contributed by atoms with Gasteiger partial charge in [0.2, 0.25) is 0 Å². The molecule has 0 atom stereocenters. The lowest BCUT2D eigenvalue weighted by Gasteiger charge is -2.03. The van der Waals surface area contributed by atoms with Crippen LogP contribution in [0.1, 0.15) is 12.5 Å². The van der Waals surface area contributed by atoms with Crippen LogP contribution in [0.2, 0.25) is 0 Å². The molecule has 0 aliphatic rings. The van der Waals surface area contributed by atoms with Crippen LogP contribution in [0.5, 0.6) is 0 Å². The summed E-state index contributed by atoms with van der Waals surface area (Å²) >= 11 is 0. The van der Waals surface area contributed by atoms with E-state index in [0.717, 1.165) is 17.6 Å². The van der Waals surface area contributed by atoms with Crippen molar-refractivity contribution in [1.29, 1.82) is 0 Å². The Morgan fingerprint density at radius 1 is 1.27 bits per heavy atom. The van der Waals surface area contributed by atoms with Crippen LogP contribution in [0.25, 0.3) is 10.9 Å². The second-order valence-corrected chi connectivity index (χ2v) is 3.92. The molecule has 0 aliphatic carbocycles. The minimum atomic E-state index is 0.874. The quantitative estimate of drug-likeness (QED) is 0.719. The van der Waals surface area contributed by atoms with Gasteiger partial charge in [-0.3, -0.25) is 0 Å². The summed E-state index contributed by atoms with van der Waals surface area (Å²) in [6.45, 7) is 9.93. The fourth-order valence-corrected chi connectivity index (χ4v) is 1.66. The first kappa shape index (κ1) is 9.78. The van der Waals surface area contributed by atoms with E-state index in [1.54, 1.807) is 0 Å². The van der Waals surface area contributed by atoms with Gasteiger partial charge in [0, 0.05) is 17.1 Å². The molecule has 1 nitrogen and oxygen atoms in total. The summed E-state index contributed by atoms with van der Waals surface area (Å²) in [6.07, 6.45) is 2.93. The van der Waals surface area contributed by atoms with Crippen LogP contribution in [-0.2, 0) is 6.42 Å². The number of fused-ring (bicyclic) bond motifs is 1. The molecule has 0 bridgehead atoms. The van der Waals surface area contributed by atoms with Crippen molar-refractivity contribution in [2.75, 3.05) is 0 Å². The summed E-state index contributed by atoms with van der Waals surface area (Å²) in [7, 11) is 0. The van der Waals surface area contributed by atoms with Crippen LogP contribution < -0.4 is 0 Å². The molecule has 0 radical (unpaired) electrons. The molecular weight excluding hydrogens is 182 g/mol. The topological polar surface area (TPSA) is 15.8 Å². The summed E-state index contributed by atoms with van der Waals surface area (Å²) in [5.41, 5.74) is 4.63. The van der Waals surface area contributed by atoms with Crippen molar-refractivity contribution in [3.8, 4) is 0 Å². The van der Waals surface area contributed by atoms with Crippen molar-refractivity contribution in [3.63, 3.8) is 0 Å². The number of para-hydroxylation sites is 1. The Labute approximate surface area is 90.1 Å². The summed E-state index contributed by atoms with van der Waals surface area (Å²) in [5.74, 6) is 0. The number of aromatic amines is 1. The third kappa shape index (κ3) is 1.86. The van der Waals surface area contributed by atoms with Gasteiger partial charge in [-0.25, -0.2) is 0 Å². The predicted molar refractivity (Wildman–Crippen MR) is 66.0 cm³/mol. The molecule has 0 amide bonds. The van der Waals surface area contributed by atoms with Gasteiger partial charge in [0.1, 0.15) is 0 Å². The summed E-state index contributed by atoms with van der Waals surface area (Å²) in [5, 5.41) is 1.28. The van der Waals surface area contributed by atoms with Gasteiger partial charge in [-0.05, 0) is 30.5 Å². The number of rotatable bonds is 3. The highest BCUT2D eigenvalue weighted by Gasteiger charge is 2.04. The lowest BCUT2D eigenvalue weighted by Crippen LogP contribution is -1.88. The van der Waals surface area contributed by atoms with E-state index in [0.29, 0.717) is 0 Å². The number of benzene rings is 1. The van der Waals surface area contributed by atoms with Gasteiger partial charge in [0.05, 0.1) is 0 Å². The number of H-pyrrole nitrogens is 1. The zero-order valence-corrected chi connectivity index (χ0v) is 9.01. The second kappa shape index (κ2) is 3.77. The molecule has 2 rings (SSSR count). The van der Waals surface area contributed by atoms with Gasteiger partial charge >= 0.3 is 0 Å². The third-order valence-corrected chi connectivity index (χ3v) is 2.68. The molecule has 1 aromatic carbocycles. The number of nitrogens with one attached hydrogen (secondary N) is 1. The SMILES string of the molecule is C=C(C)C(=C)Cc1c[nH]c2ccccc12. The standard InChI is InChI=1S/C14H15N/c1-10(2)11(3)8-12-9-15-14-7-5-4-6-13(12)14/h4-7,9,15H,1,3,8H2,2H3. The van der Waals surface area contributed by atoms with Gasteiger partial charge < -0.3 is 4.98 Å². The van der Waals surface area contributed by atoms with Gasteiger partial charge in [0.25, 0.3) is 0 Å². The maximum atomic E-state index is 4.02. The maximum Gasteiger partial charge on any atom is 0.0456 e. The zero-order chi connectivity index (χ0) is 10.8. The second-order valence-electron chi connectivity index (χ2n) is 3.92. The molecule has 15 heavy (non-hydrogen) atoms. The Kier molecular flexibility index (Phi) is 2.46. The number of allylic oxidation sites excluding steroid dienone is 2. The van der Waals surface area contributed by atoms with Crippen LogP contribution in [0.15, 0.2) is 54.8 Å². The molecule has 0 unspecified atom stereocenters. The average Bonchev–Trinajstić information content (AvgIpc) is 2.62. The predicted octanol–water partition coefficient (Wildman–Crippen LogP) is 3.84. The van der Waals surface area contributed by atoms with E-state index in [4.69, 9.17) is 0 Å². The van der Waals surface area contributed by atoms with Crippen molar-refractivity contribution in [2.24, 2.45) is 0 Å². The Hall–Kier alpha value is -1.76. The maximum absolute atomic E-state index is 4.02. The zero-order valence-electron chi connectivity index (χ0n) is 9.01. The summed E-state index contributed by atoms with van der Waals surface area (Å²) in [4.78, 5) is 3.26. The number of aromatic nitrogens is 1. The molecule has 0 fully saturated rings.